The van der Waals surface area contributed by atoms with Gasteiger partial charge in [0.1, 0.15) is 5.82 Å². The number of nitrogen functional groups attached to an aromatic ring is 1. The van der Waals surface area contributed by atoms with E-state index in [2.05, 4.69) is 21.0 Å². The third-order valence-electron chi connectivity index (χ3n) is 2.74. The standard InChI is InChI=1S/C11H9BrFN3O2/c1-16-8(14)3-6(15-16)5-2-7-11(18-4-17-7)9(12)10(5)13/h2-3H,4,14H2,1H3. The number of hydrogen-bond acceptors (Lipinski definition) is 4. The minimum Gasteiger partial charge on any atom is -0.454 e. The highest BCUT2D eigenvalue weighted by Crippen LogP contribution is 2.44. The quantitative estimate of drug-likeness (QED) is 0.877. The van der Waals surface area contributed by atoms with Crippen molar-refractivity contribution >= 4 is 21.7 Å². The third kappa shape index (κ3) is 1.54. The molecule has 0 bridgehead atoms. The first-order valence-electron chi connectivity index (χ1n) is 5.15. The van der Waals surface area contributed by atoms with Gasteiger partial charge in [0.15, 0.2) is 17.3 Å². The second kappa shape index (κ2) is 3.88. The molecule has 2 N–H and O–H groups in total. The summed E-state index contributed by atoms with van der Waals surface area (Å²) in [6.07, 6.45) is 0. The van der Waals surface area contributed by atoms with Gasteiger partial charge in [0.05, 0.1) is 10.2 Å². The van der Waals surface area contributed by atoms with Gasteiger partial charge in [-0.1, -0.05) is 0 Å². The van der Waals surface area contributed by atoms with Gasteiger partial charge in [0.2, 0.25) is 6.79 Å². The molecule has 0 radical (unpaired) electrons. The molecular weight excluding hydrogens is 305 g/mol. The highest BCUT2D eigenvalue weighted by Gasteiger charge is 2.24. The molecule has 18 heavy (non-hydrogen) atoms. The number of nitrogens with zero attached hydrogens (tertiary/aromatic N) is 2. The molecule has 94 valence electrons. The molecule has 1 aliphatic heterocycles. The molecule has 0 unspecified atom stereocenters. The van der Waals surface area contributed by atoms with Crippen LogP contribution in [0, 0.1) is 5.82 Å². The van der Waals surface area contributed by atoms with E-state index >= 15 is 0 Å². The van der Waals surface area contributed by atoms with Crippen LogP contribution in [0.2, 0.25) is 0 Å². The summed E-state index contributed by atoms with van der Waals surface area (Å²) in [7, 11) is 1.69. The average Bonchev–Trinajstić information content (AvgIpc) is 2.92. The first-order valence-corrected chi connectivity index (χ1v) is 5.94. The molecule has 0 atom stereocenters. The second-order valence-electron chi connectivity index (χ2n) is 3.86. The van der Waals surface area contributed by atoms with Gasteiger partial charge < -0.3 is 15.2 Å². The Kier molecular flexibility index (Phi) is 2.44. The van der Waals surface area contributed by atoms with E-state index in [0.717, 1.165) is 0 Å². The SMILES string of the molecule is Cn1nc(-c2cc3c(c(Br)c2F)OCO3)cc1N. The van der Waals surface area contributed by atoms with Gasteiger partial charge in [0, 0.05) is 18.7 Å². The van der Waals surface area contributed by atoms with Crippen LogP contribution in [0.1, 0.15) is 0 Å². The smallest absolute Gasteiger partial charge is 0.231 e. The van der Waals surface area contributed by atoms with Crippen LogP contribution in [-0.2, 0) is 7.05 Å². The zero-order valence-electron chi connectivity index (χ0n) is 9.41. The molecule has 5 nitrogen and oxygen atoms in total. The van der Waals surface area contributed by atoms with Gasteiger partial charge >= 0.3 is 0 Å². The maximum atomic E-state index is 14.2. The lowest BCUT2D eigenvalue weighted by molar-refractivity contribution is 0.173. The minimum atomic E-state index is -0.447. The molecule has 0 fully saturated rings. The van der Waals surface area contributed by atoms with Crippen molar-refractivity contribution < 1.29 is 13.9 Å². The topological polar surface area (TPSA) is 62.3 Å². The zero-order valence-corrected chi connectivity index (χ0v) is 11.0. The molecular formula is C11H9BrFN3O2. The van der Waals surface area contributed by atoms with E-state index in [4.69, 9.17) is 15.2 Å². The fourth-order valence-electron chi connectivity index (χ4n) is 1.78. The summed E-state index contributed by atoms with van der Waals surface area (Å²) in [5, 5.41) is 4.14. The van der Waals surface area contributed by atoms with Crippen molar-refractivity contribution in [2.24, 2.45) is 7.05 Å². The molecule has 7 heteroatoms. The van der Waals surface area contributed by atoms with Gasteiger partial charge in [-0.3, -0.25) is 4.68 Å². The van der Waals surface area contributed by atoms with Crippen molar-refractivity contribution in [2.75, 3.05) is 12.5 Å². The van der Waals surface area contributed by atoms with Crippen LogP contribution in [0.15, 0.2) is 16.6 Å². The maximum absolute atomic E-state index is 14.2. The largest absolute Gasteiger partial charge is 0.454 e. The Morgan fingerprint density at radius 1 is 1.44 bits per heavy atom. The highest BCUT2D eigenvalue weighted by atomic mass is 79.9. The Hall–Kier alpha value is -1.76. The van der Waals surface area contributed by atoms with Crippen molar-refractivity contribution in [1.29, 1.82) is 0 Å². The maximum Gasteiger partial charge on any atom is 0.231 e. The summed E-state index contributed by atoms with van der Waals surface area (Å²) in [4.78, 5) is 0. The lowest BCUT2D eigenvalue weighted by atomic mass is 10.1. The number of nitrogens with two attached hydrogens (primary N) is 1. The molecule has 3 rings (SSSR count). The number of anilines is 1. The lowest BCUT2D eigenvalue weighted by Crippen LogP contribution is -1.96. The number of aromatic nitrogens is 2. The van der Waals surface area contributed by atoms with Crippen LogP contribution in [0.4, 0.5) is 10.2 Å². The van der Waals surface area contributed by atoms with Crippen LogP contribution in [0.25, 0.3) is 11.3 Å². The fraction of sp³-hybridized carbons (Fsp3) is 0.182. The van der Waals surface area contributed by atoms with Crippen molar-refractivity contribution in [3.05, 3.63) is 22.4 Å². The molecule has 0 saturated heterocycles. The average molecular weight is 314 g/mol. The molecule has 1 aliphatic rings. The molecule has 1 aromatic heterocycles. The Morgan fingerprint density at radius 3 is 2.89 bits per heavy atom. The molecule has 1 aromatic carbocycles. The van der Waals surface area contributed by atoms with Crippen molar-refractivity contribution in [1.82, 2.24) is 9.78 Å². The van der Waals surface area contributed by atoms with E-state index < -0.39 is 5.82 Å². The Balaban J connectivity index is 2.21. The van der Waals surface area contributed by atoms with Crippen molar-refractivity contribution in [3.63, 3.8) is 0 Å². The molecule has 0 aliphatic carbocycles. The number of benzene rings is 1. The second-order valence-corrected chi connectivity index (χ2v) is 4.66. The predicted octanol–water partition coefficient (Wildman–Crippen LogP) is 2.30. The Bertz CT molecular complexity index is 622. The number of hydrogen-bond donors (Lipinski definition) is 1. The van der Waals surface area contributed by atoms with Crippen LogP contribution in [-0.4, -0.2) is 16.6 Å². The van der Waals surface area contributed by atoms with E-state index in [0.29, 0.717) is 28.6 Å². The minimum absolute atomic E-state index is 0.0845. The number of fused-ring (bicyclic) bond motifs is 1. The summed E-state index contributed by atoms with van der Waals surface area (Å²) in [6, 6.07) is 3.16. The molecule has 2 aromatic rings. The van der Waals surface area contributed by atoms with Crippen molar-refractivity contribution in [3.8, 4) is 22.8 Å². The van der Waals surface area contributed by atoms with E-state index in [-0.39, 0.29) is 11.3 Å². The van der Waals surface area contributed by atoms with Gasteiger partial charge in [-0.15, -0.1) is 0 Å². The number of halogens is 2. The predicted molar refractivity (Wildman–Crippen MR) is 66.8 cm³/mol. The van der Waals surface area contributed by atoms with Gasteiger partial charge in [0.25, 0.3) is 0 Å². The molecule has 0 spiro atoms. The summed E-state index contributed by atoms with van der Waals surface area (Å²) < 4.78 is 26.3. The Labute approximate surface area is 110 Å². The van der Waals surface area contributed by atoms with Gasteiger partial charge in [-0.2, -0.15) is 5.10 Å². The van der Waals surface area contributed by atoms with E-state index in [1.807, 2.05) is 0 Å². The summed E-state index contributed by atoms with van der Waals surface area (Å²) in [6.45, 7) is 0.0845. The first-order chi connectivity index (χ1) is 8.58. The number of ether oxygens (including phenoxy) is 2. The monoisotopic (exact) mass is 313 g/mol. The zero-order chi connectivity index (χ0) is 12.9. The van der Waals surface area contributed by atoms with E-state index in [1.54, 1.807) is 19.2 Å². The number of aryl methyl sites for hydroxylation is 1. The van der Waals surface area contributed by atoms with Crippen molar-refractivity contribution in [2.45, 2.75) is 0 Å². The van der Waals surface area contributed by atoms with Crippen LogP contribution in [0.3, 0.4) is 0 Å². The molecule has 0 saturated carbocycles. The number of rotatable bonds is 1. The van der Waals surface area contributed by atoms with Crippen LogP contribution < -0.4 is 15.2 Å². The fourth-order valence-corrected chi connectivity index (χ4v) is 2.30. The van der Waals surface area contributed by atoms with Crippen LogP contribution in [0.5, 0.6) is 11.5 Å². The summed E-state index contributed by atoms with van der Waals surface area (Å²) >= 11 is 3.16. The van der Waals surface area contributed by atoms with E-state index in [9.17, 15) is 4.39 Å². The highest BCUT2D eigenvalue weighted by molar-refractivity contribution is 9.10. The summed E-state index contributed by atoms with van der Waals surface area (Å²) in [5.41, 5.74) is 6.46. The molecule has 0 amide bonds. The third-order valence-corrected chi connectivity index (χ3v) is 3.45. The normalized spacial score (nSPS) is 13.1. The molecule has 2 heterocycles. The van der Waals surface area contributed by atoms with Gasteiger partial charge in [-0.25, -0.2) is 4.39 Å². The first kappa shape index (κ1) is 11.3. The lowest BCUT2D eigenvalue weighted by Gasteiger charge is -2.05. The van der Waals surface area contributed by atoms with Crippen LogP contribution >= 0.6 is 15.9 Å². The Morgan fingerprint density at radius 2 is 2.22 bits per heavy atom. The summed E-state index contributed by atoms with van der Waals surface area (Å²) in [5.74, 6) is 0.873. The van der Waals surface area contributed by atoms with Gasteiger partial charge in [-0.05, 0) is 22.0 Å². The van der Waals surface area contributed by atoms with E-state index in [1.165, 1.54) is 4.68 Å².